The minimum absolute atomic E-state index is 0.0857. The number of hydrogen-bond acceptors (Lipinski definition) is 4. The number of rotatable bonds is 3. The minimum atomic E-state index is -4.76. The van der Waals surface area contributed by atoms with Gasteiger partial charge in [-0.15, -0.1) is 0 Å². The maximum atomic E-state index is 13.6. The Kier molecular flexibility index (Phi) is 4.66. The first-order valence-electron chi connectivity index (χ1n) is 6.63. The predicted molar refractivity (Wildman–Crippen MR) is 70.8 cm³/mol. The normalized spacial score (nSPS) is 17.7. The molecule has 1 aromatic rings. The van der Waals surface area contributed by atoms with E-state index in [0.29, 0.717) is 32.2 Å². The molecule has 22 heavy (non-hydrogen) atoms. The van der Waals surface area contributed by atoms with Crippen LogP contribution in [0.4, 0.5) is 23.2 Å². The zero-order chi connectivity index (χ0) is 16.5. The monoisotopic (exact) mass is 321 g/mol. The van der Waals surface area contributed by atoms with E-state index >= 15 is 0 Å². The summed E-state index contributed by atoms with van der Waals surface area (Å²) < 4.78 is 52.9. The molecule has 0 atom stereocenters. The molecule has 0 unspecified atom stereocenters. The van der Waals surface area contributed by atoms with Gasteiger partial charge >= 0.3 is 11.9 Å². The van der Waals surface area contributed by atoms with Crippen molar-refractivity contribution in [2.45, 2.75) is 12.7 Å². The number of nitro groups is 1. The molecule has 0 N–H and O–H groups in total. The van der Waals surface area contributed by atoms with Gasteiger partial charge in [0.2, 0.25) is 5.82 Å². The van der Waals surface area contributed by atoms with E-state index in [1.807, 2.05) is 11.9 Å². The molecule has 9 heteroatoms. The van der Waals surface area contributed by atoms with Crippen molar-refractivity contribution in [3.63, 3.8) is 0 Å². The second-order valence-corrected chi connectivity index (χ2v) is 5.30. The molecule has 1 aliphatic rings. The van der Waals surface area contributed by atoms with Crippen LogP contribution in [0.5, 0.6) is 0 Å². The summed E-state index contributed by atoms with van der Waals surface area (Å²) in [5.74, 6) is -1.25. The fourth-order valence-corrected chi connectivity index (χ4v) is 2.38. The molecule has 122 valence electrons. The molecule has 1 heterocycles. The van der Waals surface area contributed by atoms with Crippen LogP contribution in [-0.2, 0) is 12.7 Å². The fraction of sp³-hybridized carbons (Fsp3) is 0.538. The maximum Gasteiger partial charge on any atom is 0.416 e. The van der Waals surface area contributed by atoms with Gasteiger partial charge in [-0.2, -0.15) is 17.6 Å². The summed E-state index contributed by atoms with van der Waals surface area (Å²) in [6, 6.07) is 0.903. The van der Waals surface area contributed by atoms with Crippen molar-refractivity contribution in [2.75, 3.05) is 33.2 Å². The van der Waals surface area contributed by atoms with Gasteiger partial charge in [-0.1, -0.05) is 0 Å². The SMILES string of the molecule is CN1CCN(Cc2cc(F)c([N+](=O)[O-])cc2C(F)(F)F)CC1. The zero-order valence-electron chi connectivity index (χ0n) is 11.9. The molecule has 0 amide bonds. The average molecular weight is 321 g/mol. The van der Waals surface area contributed by atoms with E-state index in [2.05, 4.69) is 0 Å². The molecule has 5 nitrogen and oxygen atoms in total. The van der Waals surface area contributed by atoms with Gasteiger partial charge < -0.3 is 4.90 Å². The van der Waals surface area contributed by atoms with Gasteiger partial charge in [-0.05, 0) is 18.7 Å². The largest absolute Gasteiger partial charge is 0.416 e. The van der Waals surface area contributed by atoms with E-state index in [-0.39, 0.29) is 18.2 Å². The summed E-state index contributed by atoms with van der Waals surface area (Å²) in [5, 5.41) is 10.6. The Morgan fingerprint density at radius 3 is 2.32 bits per heavy atom. The highest BCUT2D eigenvalue weighted by atomic mass is 19.4. The Bertz CT molecular complexity index is 569. The molecule has 0 radical (unpaired) electrons. The molecular formula is C13H15F4N3O2. The van der Waals surface area contributed by atoms with Crippen molar-refractivity contribution < 1.29 is 22.5 Å². The molecule has 1 aromatic carbocycles. The standard InChI is InChI=1S/C13H15F4N3O2/c1-18-2-4-19(5-3-18)8-9-6-11(14)12(20(21)22)7-10(9)13(15,16)17/h6-7H,2-5,8H2,1H3. The van der Waals surface area contributed by atoms with Crippen molar-refractivity contribution in [3.05, 3.63) is 39.2 Å². The first-order chi connectivity index (χ1) is 10.2. The molecule has 1 aliphatic heterocycles. The Morgan fingerprint density at radius 1 is 1.23 bits per heavy atom. The molecule has 2 rings (SSSR count). The fourth-order valence-electron chi connectivity index (χ4n) is 2.38. The van der Waals surface area contributed by atoms with Gasteiger partial charge in [0.25, 0.3) is 0 Å². The number of nitrogens with zero attached hydrogens (tertiary/aromatic N) is 3. The van der Waals surface area contributed by atoms with Gasteiger partial charge in [0.15, 0.2) is 0 Å². The van der Waals surface area contributed by atoms with Gasteiger partial charge in [0.1, 0.15) is 0 Å². The van der Waals surface area contributed by atoms with Crippen molar-refractivity contribution in [3.8, 4) is 0 Å². The number of hydrogen-bond donors (Lipinski definition) is 0. The van der Waals surface area contributed by atoms with Crippen LogP contribution in [0.3, 0.4) is 0 Å². The van der Waals surface area contributed by atoms with Gasteiger partial charge in [-0.3, -0.25) is 15.0 Å². The smallest absolute Gasteiger partial charge is 0.304 e. The summed E-state index contributed by atoms with van der Waals surface area (Å²) in [7, 11) is 1.91. The van der Waals surface area contributed by atoms with Crippen LogP contribution >= 0.6 is 0 Å². The highest BCUT2D eigenvalue weighted by Crippen LogP contribution is 2.36. The van der Waals surface area contributed by atoms with E-state index in [0.717, 1.165) is 0 Å². The van der Waals surface area contributed by atoms with Crippen molar-refractivity contribution in [1.29, 1.82) is 0 Å². The Labute approximate surface area is 124 Å². The van der Waals surface area contributed by atoms with Crippen molar-refractivity contribution in [1.82, 2.24) is 9.80 Å². The molecule has 0 saturated carbocycles. The summed E-state index contributed by atoms with van der Waals surface area (Å²) in [6.07, 6.45) is -4.76. The van der Waals surface area contributed by atoms with E-state index in [9.17, 15) is 27.7 Å². The average Bonchev–Trinajstić information content (AvgIpc) is 2.39. The summed E-state index contributed by atoms with van der Waals surface area (Å²) in [4.78, 5) is 13.3. The highest BCUT2D eigenvalue weighted by Gasteiger charge is 2.37. The zero-order valence-corrected chi connectivity index (χ0v) is 11.9. The van der Waals surface area contributed by atoms with Crippen LogP contribution in [0, 0.1) is 15.9 Å². The van der Waals surface area contributed by atoms with Crippen LogP contribution in [0.2, 0.25) is 0 Å². The molecule has 1 saturated heterocycles. The van der Waals surface area contributed by atoms with Crippen LogP contribution in [-0.4, -0.2) is 47.9 Å². The number of nitro benzene ring substituents is 1. The van der Waals surface area contributed by atoms with Crippen LogP contribution in [0.25, 0.3) is 0 Å². The van der Waals surface area contributed by atoms with E-state index in [1.165, 1.54) is 0 Å². The number of halogens is 4. The number of alkyl halides is 3. The lowest BCUT2D eigenvalue weighted by atomic mass is 10.0. The Morgan fingerprint density at radius 2 is 1.82 bits per heavy atom. The van der Waals surface area contributed by atoms with Crippen molar-refractivity contribution >= 4 is 5.69 Å². The van der Waals surface area contributed by atoms with E-state index < -0.39 is 28.2 Å². The third-order valence-corrected chi connectivity index (χ3v) is 3.66. The van der Waals surface area contributed by atoms with E-state index in [4.69, 9.17) is 0 Å². The first kappa shape index (κ1) is 16.6. The number of piperazine rings is 1. The van der Waals surface area contributed by atoms with Gasteiger partial charge in [0.05, 0.1) is 10.5 Å². The topological polar surface area (TPSA) is 49.6 Å². The molecular weight excluding hydrogens is 306 g/mol. The summed E-state index contributed by atoms with van der Waals surface area (Å²) >= 11 is 0. The first-order valence-corrected chi connectivity index (χ1v) is 6.63. The Balaban J connectivity index is 2.33. The second-order valence-electron chi connectivity index (χ2n) is 5.30. The van der Waals surface area contributed by atoms with Crippen LogP contribution in [0.15, 0.2) is 12.1 Å². The van der Waals surface area contributed by atoms with Crippen LogP contribution < -0.4 is 0 Å². The lowest BCUT2D eigenvalue weighted by Gasteiger charge is -2.32. The summed E-state index contributed by atoms with van der Waals surface area (Å²) in [5.41, 5.74) is -2.59. The molecule has 1 fully saturated rings. The Hall–Kier alpha value is -1.74. The lowest BCUT2D eigenvalue weighted by Crippen LogP contribution is -2.44. The predicted octanol–water partition coefficient (Wildman–Crippen LogP) is 2.50. The van der Waals surface area contributed by atoms with E-state index in [1.54, 1.807) is 4.90 Å². The molecule has 0 spiro atoms. The molecule has 0 aliphatic carbocycles. The summed E-state index contributed by atoms with van der Waals surface area (Å²) in [6.45, 7) is 2.45. The third kappa shape index (κ3) is 3.72. The maximum absolute atomic E-state index is 13.6. The molecule has 0 bridgehead atoms. The van der Waals surface area contributed by atoms with Crippen molar-refractivity contribution in [2.24, 2.45) is 0 Å². The third-order valence-electron chi connectivity index (χ3n) is 3.66. The minimum Gasteiger partial charge on any atom is -0.304 e. The lowest BCUT2D eigenvalue weighted by molar-refractivity contribution is -0.387. The van der Waals surface area contributed by atoms with Gasteiger partial charge in [0, 0.05) is 38.8 Å². The molecule has 0 aromatic heterocycles. The quantitative estimate of drug-likeness (QED) is 0.488. The number of likely N-dealkylation sites (N-methyl/N-ethyl adjacent to an activating group) is 1. The highest BCUT2D eigenvalue weighted by molar-refractivity contribution is 5.43. The van der Waals surface area contributed by atoms with Crippen LogP contribution in [0.1, 0.15) is 11.1 Å². The second kappa shape index (κ2) is 6.17. The number of benzene rings is 1. The van der Waals surface area contributed by atoms with Gasteiger partial charge in [-0.25, -0.2) is 0 Å².